The van der Waals surface area contributed by atoms with Crippen LogP contribution in [0.25, 0.3) is 0 Å². The van der Waals surface area contributed by atoms with E-state index in [1.54, 1.807) is 0 Å². The maximum absolute atomic E-state index is 10.5. The third-order valence-electron chi connectivity index (χ3n) is 3.88. The minimum atomic E-state index is -0.516. The maximum Gasteiger partial charge on any atom is 0.0796 e. The van der Waals surface area contributed by atoms with Crippen molar-refractivity contribution in [1.82, 2.24) is 10.2 Å². The fourth-order valence-electron chi connectivity index (χ4n) is 2.54. The average Bonchev–Trinajstić information content (AvgIpc) is 2.41. The third kappa shape index (κ3) is 4.60. The molecule has 2 rings (SSSR count). The average molecular weight is 262 g/mol. The van der Waals surface area contributed by atoms with Gasteiger partial charge in [0.05, 0.1) is 5.60 Å². The molecule has 1 aliphatic rings. The largest absolute Gasteiger partial charge is 0.388 e. The predicted molar refractivity (Wildman–Crippen MR) is 79.0 cm³/mol. The van der Waals surface area contributed by atoms with E-state index < -0.39 is 5.60 Å². The first kappa shape index (κ1) is 14.5. The van der Waals surface area contributed by atoms with Crippen molar-refractivity contribution in [2.24, 2.45) is 0 Å². The van der Waals surface area contributed by atoms with E-state index in [1.807, 2.05) is 0 Å². The molecule has 1 aromatic rings. The smallest absolute Gasteiger partial charge is 0.0796 e. The van der Waals surface area contributed by atoms with Crippen LogP contribution < -0.4 is 5.32 Å². The predicted octanol–water partition coefficient (Wildman–Crippen LogP) is 2.01. The first-order valence-electron chi connectivity index (χ1n) is 7.29. The van der Waals surface area contributed by atoms with Gasteiger partial charge in [-0.3, -0.25) is 4.90 Å². The molecule has 0 bridgehead atoms. The van der Waals surface area contributed by atoms with Crippen LogP contribution in [0.1, 0.15) is 32.3 Å². The quantitative estimate of drug-likeness (QED) is 0.852. The molecule has 0 spiro atoms. The van der Waals surface area contributed by atoms with Crippen molar-refractivity contribution in [1.29, 1.82) is 0 Å². The number of likely N-dealkylation sites (tertiary alicyclic amines) is 1. The zero-order valence-electron chi connectivity index (χ0n) is 12.1. The van der Waals surface area contributed by atoms with Crippen LogP contribution in [0, 0.1) is 0 Å². The van der Waals surface area contributed by atoms with E-state index in [0.29, 0.717) is 12.6 Å². The Labute approximate surface area is 116 Å². The second kappa shape index (κ2) is 6.51. The van der Waals surface area contributed by atoms with Crippen LogP contribution in [0.4, 0.5) is 0 Å². The fourth-order valence-corrected chi connectivity index (χ4v) is 2.54. The lowest BCUT2D eigenvalue weighted by molar-refractivity contribution is -0.0228. The summed E-state index contributed by atoms with van der Waals surface area (Å²) in [6.45, 7) is 7.90. The first-order chi connectivity index (χ1) is 9.07. The van der Waals surface area contributed by atoms with Crippen molar-refractivity contribution in [3.63, 3.8) is 0 Å². The van der Waals surface area contributed by atoms with Crippen molar-refractivity contribution in [2.45, 2.75) is 44.9 Å². The standard InChI is InChI=1S/C16H26N2O/c1-14(2)17-13-16(19)8-10-18(11-9-16)12-15-6-4-3-5-7-15/h3-7,14,17,19H,8-13H2,1-2H3. The number of benzene rings is 1. The third-order valence-corrected chi connectivity index (χ3v) is 3.88. The second-order valence-electron chi connectivity index (χ2n) is 6.02. The van der Waals surface area contributed by atoms with Crippen LogP contribution in [-0.2, 0) is 6.54 Å². The van der Waals surface area contributed by atoms with Crippen molar-refractivity contribution < 1.29 is 5.11 Å². The van der Waals surface area contributed by atoms with Gasteiger partial charge in [-0.05, 0) is 18.4 Å². The molecule has 0 atom stereocenters. The minimum Gasteiger partial charge on any atom is -0.388 e. The Kier molecular flexibility index (Phi) is 4.97. The maximum atomic E-state index is 10.5. The summed E-state index contributed by atoms with van der Waals surface area (Å²) < 4.78 is 0. The number of hydrogen-bond acceptors (Lipinski definition) is 3. The van der Waals surface area contributed by atoms with Gasteiger partial charge in [0.2, 0.25) is 0 Å². The van der Waals surface area contributed by atoms with Crippen LogP contribution >= 0.6 is 0 Å². The topological polar surface area (TPSA) is 35.5 Å². The Balaban J connectivity index is 1.79. The lowest BCUT2D eigenvalue weighted by Gasteiger charge is -2.38. The number of nitrogens with one attached hydrogen (secondary N) is 1. The summed E-state index contributed by atoms with van der Waals surface area (Å²) >= 11 is 0. The van der Waals surface area contributed by atoms with E-state index in [2.05, 4.69) is 54.4 Å². The zero-order valence-corrected chi connectivity index (χ0v) is 12.1. The van der Waals surface area contributed by atoms with Crippen LogP contribution in [0.2, 0.25) is 0 Å². The van der Waals surface area contributed by atoms with Crippen LogP contribution in [0.3, 0.4) is 0 Å². The van der Waals surface area contributed by atoms with Crippen LogP contribution in [-0.4, -0.2) is 41.3 Å². The highest BCUT2D eigenvalue weighted by molar-refractivity contribution is 5.14. The van der Waals surface area contributed by atoms with Crippen molar-refractivity contribution in [2.75, 3.05) is 19.6 Å². The molecule has 19 heavy (non-hydrogen) atoms. The highest BCUT2D eigenvalue weighted by atomic mass is 16.3. The molecule has 1 saturated heterocycles. The minimum absolute atomic E-state index is 0.436. The second-order valence-corrected chi connectivity index (χ2v) is 6.02. The Morgan fingerprint density at radius 1 is 1.21 bits per heavy atom. The van der Waals surface area contributed by atoms with Gasteiger partial charge >= 0.3 is 0 Å². The molecule has 1 aliphatic heterocycles. The molecular weight excluding hydrogens is 236 g/mol. The first-order valence-corrected chi connectivity index (χ1v) is 7.29. The molecular formula is C16H26N2O. The molecule has 2 N–H and O–H groups in total. The van der Waals surface area contributed by atoms with E-state index >= 15 is 0 Å². The summed E-state index contributed by atoms with van der Waals surface area (Å²) in [6.07, 6.45) is 1.72. The lowest BCUT2D eigenvalue weighted by atomic mass is 9.91. The van der Waals surface area contributed by atoms with Crippen LogP contribution in [0.15, 0.2) is 30.3 Å². The fraction of sp³-hybridized carbons (Fsp3) is 0.625. The van der Waals surface area contributed by atoms with Crippen molar-refractivity contribution in [3.8, 4) is 0 Å². The molecule has 0 radical (unpaired) electrons. The summed E-state index contributed by atoms with van der Waals surface area (Å²) in [5.74, 6) is 0. The Morgan fingerprint density at radius 3 is 2.42 bits per heavy atom. The van der Waals surface area contributed by atoms with Gasteiger partial charge in [0.15, 0.2) is 0 Å². The van der Waals surface area contributed by atoms with Crippen LogP contribution in [0.5, 0.6) is 0 Å². The summed E-state index contributed by atoms with van der Waals surface area (Å²) in [5.41, 5.74) is 0.838. The monoisotopic (exact) mass is 262 g/mol. The molecule has 3 nitrogen and oxygen atoms in total. The molecule has 1 aromatic carbocycles. The number of nitrogens with zero attached hydrogens (tertiary/aromatic N) is 1. The molecule has 1 fully saturated rings. The number of hydrogen-bond donors (Lipinski definition) is 2. The van der Waals surface area contributed by atoms with E-state index in [9.17, 15) is 5.11 Å². The molecule has 3 heteroatoms. The van der Waals surface area contributed by atoms with Gasteiger partial charge in [-0.15, -0.1) is 0 Å². The van der Waals surface area contributed by atoms with E-state index in [1.165, 1.54) is 5.56 Å². The number of piperidine rings is 1. The normalized spacial score (nSPS) is 19.8. The van der Waals surface area contributed by atoms with Gasteiger partial charge < -0.3 is 10.4 Å². The van der Waals surface area contributed by atoms with Gasteiger partial charge in [-0.1, -0.05) is 44.2 Å². The van der Waals surface area contributed by atoms with Gasteiger partial charge in [-0.25, -0.2) is 0 Å². The highest BCUT2D eigenvalue weighted by Crippen LogP contribution is 2.22. The summed E-state index contributed by atoms with van der Waals surface area (Å²) in [4.78, 5) is 2.43. The summed E-state index contributed by atoms with van der Waals surface area (Å²) in [7, 11) is 0. The molecule has 0 amide bonds. The number of aliphatic hydroxyl groups is 1. The van der Waals surface area contributed by atoms with Crippen molar-refractivity contribution >= 4 is 0 Å². The summed E-state index contributed by atoms with van der Waals surface area (Å²) in [5, 5.41) is 13.9. The molecule has 106 valence electrons. The molecule has 0 saturated carbocycles. The Hall–Kier alpha value is -0.900. The molecule has 0 aromatic heterocycles. The molecule has 1 heterocycles. The molecule has 0 aliphatic carbocycles. The Morgan fingerprint density at radius 2 is 1.84 bits per heavy atom. The van der Waals surface area contributed by atoms with Crippen molar-refractivity contribution in [3.05, 3.63) is 35.9 Å². The van der Waals surface area contributed by atoms with E-state index in [4.69, 9.17) is 0 Å². The molecule has 0 unspecified atom stereocenters. The van der Waals surface area contributed by atoms with Gasteiger partial charge in [0.25, 0.3) is 0 Å². The van der Waals surface area contributed by atoms with E-state index in [0.717, 1.165) is 32.5 Å². The number of rotatable bonds is 5. The van der Waals surface area contributed by atoms with Gasteiger partial charge in [-0.2, -0.15) is 0 Å². The SMILES string of the molecule is CC(C)NCC1(O)CCN(Cc2ccccc2)CC1. The van der Waals surface area contributed by atoms with Gasteiger partial charge in [0, 0.05) is 32.2 Å². The van der Waals surface area contributed by atoms with E-state index in [-0.39, 0.29) is 0 Å². The van der Waals surface area contributed by atoms with Gasteiger partial charge in [0.1, 0.15) is 0 Å². The zero-order chi connectivity index (χ0) is 13.7. The lowest BCUT2D eigenvalue weighted by Crippen LogP contribution is -2.50. The highest BCUT2D eigenvalue weighted by Gasteiger charge is 2.31. The Bertz CT molecular complexity index is 370. The summed E-state index contributed by atoms with van der Waals surface area (Å²) in [6, 6.07) is 11.0.